The van der Waals surface area contributed by atoms with Gasteiger partial charge in [-0.25, -0.2) is 0 Å². The SMILES string of the molecule is CCCCN(CCCC)C(=O)CN(CCO)C1CCCC1. The van der Waals surface area contributed by atoms with Crippen molar-refractivity contribution in [1.82, 2.24) is 9.80 Å². The molecule has 0 aromatic rings. The number of carbonyl (C=O) groups is 1. The number of nitrogens with zero attached hydrogens (tertiary/aromatic N) is 2. The topological polar surface area (TPSA) is 43.8 Å². The Morgan fingerprint density at radius 2 is 1.62 bits per heavy atom. The number of aliphatic hydroxyl groups excluding tert-OH is 1. The van der Waals surface area contributed by atoms with Gasteiger partial charge in [-0.3, -0.25) is 9.69 Å². The predicted octanol–water partition coefficient (Wildman–Crippen LogP) is 2.65. The van der Waals surface area contributed by atoms with Crippen LogP contribution in [0.3, 0.4) is 0 Å². The first kappa shape index (κ1) is 18.4. The summed E-state index contributed by atoms with van der Waals surface area (Å²) in [5, 5.41) is 9.26. The van der Waals surface area contributed by atoms with E-state index in [2.05, 4.69) is 18.7 Å². The van der Waals surface area contributed by atoms with Crippen molar-refractivity contribution < 1.29 is 9.90 Å². The fraction of sp³-hybridized carbons (Fsp3) is 0.941. The van der Waals surface area contributed by atoms with E-state index in [9.17, 15) is 9.90 Å². The highest BCUT2D eigenvalue weighted by Gasteiger charge is 2.25. The lowest BCUT2D eigenvalue weighted by molar-refractivity contribution is -0.133. The molecule has 1 aliphatic rings. The maximum atomic E-state index is 12.6. The van der Waals surface area contributed by atoms with Gasteiger partial charge in [0.1, 0.15) is 0 Å². The molecule has 0 aromatic carbocycles. The fourth-order valence-electron chi connectivity index (χ4n) is 3.12. The zero-order valence-electron chi connectivity index (χ0n) is 14.0. The zero-order chi connectivity index (χ0) is 15.5. The molecule has 0 heterocycles. The third-order valence-corrected chi connectivity index (χ3v) is 4.48. The maximum Gasteiger partial charge on any atom is 0.236 e. The Hall–Kier alpha value is -0.610. The molecule has 1 aliphatic carbocycles. The minimum atomic E-state index is 0.147. The van der Waals surface area contributed by atoms with E-state index in [0.29, 0.717) is 19.1 Å². The van der Waals surface area contributed by atoms with E-state index in [1.165, 1.54) is 25.7 Å². The summed E-state index contributed by atoms with van der Waals surface area (Å²) in [6.45, 7) is 7.36. The second-order valence-corrected chi connectivity index (χ2v) is 6.22. The van der Waals surface area contributed by atoms with Crippen molar-refractivity contribution >= 4 is 5.91 Å². The Bertz CT molecular complexity index is 270. The van der Waals surface area contributed by atoms with Crippen molar-refractivity contribution in [3.05, 3.63) is 0 Å². The Morgan fingerprint density at radius 1 is 1.05 bits per heavy atom. The van der Waals surface area contributed by atoms with E-state index in [1.54, 1.807) is 0 Å². The van der Waals surface area contributed by atoms with Crippen molar-refractivity contribution in [2.45, 2.75) is 71.3 Å². The number of hydrogen-bond acceptors (Lipinski definition) is 3. The van der Waals surface area contributed by atoms with E-state index >= 15 is 0 Å². The van der Waals surface area contributed by atoms with Gasteiger partial charge in [0, 0.05) is 25.7 Å². The molecule has 0 aliphatic heterocycles. The Morgan fingerprint density at radius 3 is 2.10 bits per heavy atom. The quantitative estimate of drug-likeness (QED) is 0.638. The molecular weight excluding hydrogens is 264 g/mol. The van der Waals surface area contributed by atoms with Crippen LogP contribution in [-0.2, 0) is 4.79 Å². The number of unbranched alkanes of at least 4 members (excludes halogenated alkanes) is 2. The van der Waals surface area contributed by atoms with Gasteiger partial charge in [0.2, 0.25) is 5.91 Å². The Kier molecular flexibility index (Phi) is 9.68. The van der Waals surface area contributed by atoms with Crippen LogP contribution in [0, 0.1) is 0 Å². The molecule has 124 valence electrons. The summed E-state index contributed by atoms with van der Waals surface area (Å²) in [5.74, 6) is 0.247. The molecule has 0 aromatic heterocycles. The molecule has 0 saturated heterocycles. The summed E-state index contributed by atoms with van der Waals surface area (Å²) in [4.78, 5) is 16.8. The van der Waals surface area contributed by atoms with E-state index < -0.39 is 0 Å². The van der Waals surface area contributed by atoms with Crippen molar-refractivity contribution in [2.75, 3.05) is 32.8 Å². The first-order chi connectivity index (χ1) is 10.2. The van der Waals surface area contributed by atoms with Crippen molar-refractivity contribution in [3.63, 3.8) is 0 Å². The lowest BCUT2D eigenvalue weighted by Gasteiger charge is -2.31. The standard InChI is InChI=1S/C17H34N2O2/c1-3-5-11-18(12-6-4-2)17(21)15-19(13-14-20)16-9-7-8-10-16/h16,20H,3-15H2,1-2H3. The summed E-state index contributed by atoms with van der Waals surface area (Å²) < 4.78 is 0. The van der Waals surface area contributed by atoms with Crippen LogP contribution in [0.5, 0.6) is 0 Å². The molecule has 0 radical (unpaired) electrons. The number of hydrogen-bond donors (Lipinski definition) is 1. The summed E-state index contributed by atoms with van der Waals surface area (Å²) >= 11 is 0. The normalized spacial score (nSPS) is 15.8. The highest BCUT2D eigenvalue weighted by molar-refractivity contribution is 5.78. The predicted molar refractivity (Wildman–Crippen MR) is 87.3 cm³/mol. The van der Waals surface area contributed by atoms with E-state index in [4.69, 9.17) is 0 Å². The molecule has 1 saturated carbocycles. The van der Waals surface area contributed by atoms with Gasteiger partial charge in [-0.2, -0.15) is 0 Å². The van der Waals surface area contributed by atoms with Crippen LogP contribution in [0.1, 0.15) is 65.2 Å². The highest BCUT2D eigenvalue weighted by Crippen LogP contribution is 2.23. The van der Waals surface area contributed by atoms with Crippen LogP contribution in [0.4, 0.5) is 0 Å². The van der Waals surface area contributed by atoms with Crippen LogP contribution in [0.2, 0.25) is 0 Å². The molecule has 4 heteroatoms. The molecule has 1 amide bonds. The molecule has 0 spiro atoms. The molecule has 1 fully saturated rings. The average Bonchev–Trinajstić information content (AvgIpc) is 3.01. The van der Waals surface area contributed by atoms with Gasteiger partial charge in [-0.15, -0.1) is 0 Å². The number of carbonyl (C=O) groups excluding carboxylic acids is 1. The second kappa shape index (κ2) is 11.0. The highest BCUT2D eigenvalue weighted by atomic mass is 16.3. The third kappa shape index (κ3) is 6.79. The lowest BCUT2D eigenvalue weighted by Crippen LogP contribution is -2.45. The minimum Gasteiger partial charge on any atom is -0.395 e. The summed E-state index contributed by atoms with van der Waals surface area (Å²) in [5.41, 5.74) is 0. The van der Waals surface area contributed by atoms with E-state index in [1.807, 2.05) is 4.90 Å². The second-order valence-electron chi connectivity index (χ2n) is 6.22. The first-order valence-corrected chi connectivity index (χ1v) is 8.85. The smallest absolute Gasteiger partial charge is 0.236 e. The van der Waals surface area contributed by atoms with Gasteiger partial charge < -0.3 is 10.0 Å². The van der Waals surface area contributed by atoms with Crippen LogP contribution in [0.25, 0.3) is 0 Å². The zero-order valence-corrected chi connectivity index (χ0v) is 14.0. The van der Waals surface area contributed by atoms with Gasteiger partial charge in [-0.05, 0) is 25.7 Å². The van der Waals surface area contributed by atoms with Crippen molar-refractivity contribution in [3.8, 4) is 0 Å². The number of amides is 1. The molecule has 21 heavy (non-hydrogen) atoms. The molecular formula is C17H34N2O2. The summed E-state index contributed by atoms with van der Waals surface area (Å²) in [6, 6.07) is 0.500. The molecule has 1 rings (SSSR count). The summed E-state index contributed by atoms with van der Waals surface area (Å²) in [6.07, 6.45) is 9.29. The Balaban J connectivity index is 2.53. The number of aliphatic hydroxyl groups is 1. The largest absolute Gasteiger partial charge is 0.395 e. The van der Waals surface area contributed by atoms with Crippen molar-refractivity contribution in [1.29, 1.82) is 0 Å². The monoisotopic (exact) mass is 298 g/mol. The Labute approximate surface area is 130 Å². The fourth-order valence-corrected chi connectivity index (χ4v) is 3.12. The van der Waals surface area contributed by atoms with Gasteiger partial charge in [0.25, 0.3) is 0 Å². The van der Waals surface area contributed by atoms with Crippen LogP contribution in [0.15, 0.2) is 0 Å². The average molecular weight is 298 g/mol. The molecule has 1 N–H and O–H groups in total. The van der Waals surface area contributed by atoms with Crippen LogP contribution < -0.4 is 0 Å². The summed E-state index contributed by atoms with van der Waals surface area (Å²) in [7, 11) is 0. The third-order valence-electron chi connectivity index (χ3n) is 4.48. The van der Waals surface area contributed by atoms with Gasteiger partial charge >= 0.3 is 0 Å². The van der Waals surface area contributed by atoms with Crippen molar-refractivity contribution in [2.24, 2.45) is 0 Å². The number of rotatable bonds is 11. The molecule has 0 bridgehead atoms. The molecule has 4 nitrogen and oxygen atoms in total. The van der Waals surface area contributed by atoms with Gasteiger partial charge in [0.15, 0.2) is 0 Å². The van der Waals surface area contributed by atoms with Crippen LogP contribution in [-0.4, -0.2) is 59.6 Å². The molecule has 0 unspecified atom stereocenters. The van der Waals surface area contributed by atoms with Gasteiger partial charge in [-0.1, -0.05) is 39.5 Å². The minimum absolute atomic E-state index is 0.147. The maximum absolute atomic E-state index is 12.6. The van der Waals surface area contributed by atoms with Crippen LogP contribution >= 0.6 is 0 Å². The molecule has 0 atom stereocenters. The van der Waals surface area contributed by atoms with E-state index in [-0.39, 0.29) is 12.5 Å². The van der Waals surface area contributed by atoms with Gasteiger partial charge in [0.05, 0.1) is 13.2 Å². The van der Waals surface area contributed by atoms with E-state index in [0.717, 1.165) is 38.8 Å². The first-order valence-electron chi connectivity index (χ1n) is 8.85. The lowest BCUT2D eigenvalue weighted by atomic mass is 10.2.